The molecule has 0 N–H and O–H groups in total. The van der Waals surface area contributed by atoms with Gasteiger partial charge in [-0.25, -0.2) is 0 Å². The molecule has 0 radical (unpaired) electrons. The van der Waals surface area contributed by atoms with Crippen molar-refractivity contribution in [2.24, 2.45) is 0 Å². The maximum atomic E-state index is 11.9. The molecule has 41 heavy (non-hydrogen) atoms. The van der Waals surface area contributed by atoms with E-state index < -0.39 is 0 Å². The Labute approximate surface area is 256 Å². The summed E-state index contributed by atoms with van der Waals surface area (Å²) >= 11 is 0. The molecule has 5 nitrogen and oxygen atoms in total. The van der Waals surface area contributed by atoms with E-state index in [9.17, 15) is 4.79 Å². The van der Waals surface area contributed by atoms with Gasteiger partial charge in [-0.2, -0.15) is 0 Å². The summed E-state index contributed by atoms with van der Waals surface area (Å²) < 4.78 is 22.1. The zero-order valence-electron chi connectivity index (χ0n) is 27.9. The van der Waals surface area contributed by atoms with Crippen molar-refractivity contribution < 1.29 is 23.7 Å². The number of ether oxygens (including phenoxy) is 4. The maximum absolute atomic E-state index is 11.9. The van der Waals surface area contributed by atoms with Gasteiger partial charge in [-0.05, 0) is 19.3 Å². The molecule has 0 aliphatic rings. The van der Waals surface area contributed by atoms with E-state index in [0.717, 1.165) is 19.4 Å². The Balaban J connectivity index is 3.14. The molecule has 0 amide bonds. The first-order valence-corrected chi connectivity index (χ1v) is 18.2. The maximum Gasteiger partial charge on any atom is 0.305 e. The van der Waals surface area contributed by atoms with Crippen LogP contribution in [0.3, 0.4) is 0 Å². The molecule has 0 aliphatic heterocycles. The van der Waals surface area contributed by atoms with Crippen molar-refractivity contribution >= 4 is 5.97 Å². The predicted octanol–water partition coefficient (Wildman–Crippen LogP) is 10.8. The molecule has 0 fully saturated rings. The summed E-state index contributed by atoms with van der Waals surface area (Å²) in [6.07, 6.45) is 33.4. The molecule has 0 unspecified atom stereocenters. The van der Waals surface area contributed by atoms with Crippen LogP contribution in [0.15, 0.2) is 0 Å². The van der Waals surface area contributed by atoms with Gasteiger partial charge < -0.3 is 18.9 Å². The Morgan fingerprint density at radius 1 is 0.341 bits per heavy atom. The molecule has 0 aromatic rings. The Bertz CT molecular complexity index is 485. The molecular formula is C36H72O5. The van der Waals surface area contributed by atoms with Gasteiger partial charge in [-0.3, -0.25) is 4.79 Å². The molecule has 0 atom stereocenters. The summed E-state index contributed by atoms with van der Waals surface area (Å²) in [5.74, 6) is -0.0977. The second-order valence-corrected chi connectivity index (χ2v) is 11.9. The van der Waals surface area contributed by atoms with Crippen molar-refractivity contribution in [3.8, 4) is 0 Å². The molecule has 0 spiro atoms. The summed E-state index contributed by atoms with van der Waals surface area (Å²) in [5, 5.41) is 0. The number of carbonyl (C=O) groups is 1. The largest absolute Gasteiger partial charge is 0.466 e. The van der Waals surface area contributed by atoms with E-state index in [1.165, 1.54) is 141 Å². The first kappa shape index (κ1) is 40.4. The van der Waals surface area contributed by atoms with E-state index in [2.05, 4.69) is 13.8 Å². The molecule has 0 aliphatic carbocycles. The molecule has 0 rings (SSSR count). The van der Waals surface area contributed by atoms with Gasteiger partial charge in [-0.1, -0.05) is 155 Å². The molecule has 0 bridgehead atoms. The van der Waals surface area contributed by atoms with E-state index in [1.54, 1.807) is 0 Å². The van der Waals surface area contributed by atoms with Gasteiger partial charge in [0.1, 0.15) is 0 Å². The Morgan fingerprint density at radius 3 is 1.02 bits per heavy atom. The zero-order valence-corrected chi connectivity index (χ0v) is 27.9. The molecule has 0 saturated carbocycles. The van der Waals surface area contributed by atoms with Crippen LogP contribution in [0.4, 0.5) is 0 Å². The predicted molar refractivity (Wildman–Crippen MR) is 175 cm³/mol. The summed E-state index contributed by atoms with van der Waals surface area (Å²) in [6, 6.07) is 0. The molecule has 0 aromatic carbocycles. The lowest BCUT2D eigenvalue weighted by Gasteiger charge is -2.07. The number of unbranched alkanes of at least 4 members (excludes halogenated alkanes) is 22. The molecular weight excluding hydrogens is 512 g/mol. The fourth-order valence-electron chi connectivity index (χ4n) is 5.11. The SMILES string of the molecule is CCCCCCCCCCCCCCCCCCOC(=O)CCCOCCOCCOCCCCCCCCCC. The van der Waals surface area contributed by atoms with Gasteiger partial charge in [0.15, 0.2) is 0 Å². The van der Waals surface area contributed by atoms with E-state index in [1.807, 2.05) is 0 Å². The van der Waals surface area contributed by atoms with Gasteiger partial charge in [-0.15, -0.1) is 0 Å². The number of esters is 1. The third-order valence-electron chi connectivity index (χ3n) is 7.82. The highest BCUT2D eigenvalue weighted by Gasteiger charge is 2.03. The number of hydrogen-bond donors (Lipinski definition) is 0. The third kappa shape index (κ3) is 37.3. The van der Waals surface area contributed by atoms with Crippen molar-refractivity contribution in [2.75, 3.05) is 46.2 Å². The molecule has 0 heterocycles. The minimum Gasteiger partial charge on any atom is -0.466 e. The average molecular weight is 585 g/mol. The van der Waals surface area contributed by atoms with Crippen LogP contribution >= 0.6 is 0 Å². The lowest BCUT2D eigenvalue weighted by molar-refractivity contribution is -0.144. The fourth-order valence-corrected chi connectivity index (χ4v) is 5.11. The van der Waals surface area contributed by atoms with Crippen molar-refractivity contribution in [2.45, 2.75) is 181 Å². The first-order valence-electron chi connectivity index (χ1n) is 18.2. The molecule has 0 saturated heterocycles. The van der Waals surface area contributed by atoms with Crippen molar-refractivity contribution in [3.05, 3.63) is 0 Å². The minimum absolute atomic E-state index is 0.0977. The monoisotopic (exact) mass is 585 g/mol. The summed E-state index contributed by atoms with van der Waals surface area (Å²) in [6.45, 7) is 8.93. The third-order valence-corrected chi connectivity index (χ3v) is 7.82. The second kappa shape index (κ2) is 37.4. The second-order valence-electron chi connectivity index (χ2n) is 11.9. The van der Waals surface area contributed by atoms with Gasteiger partial charge in [0.05, 0.1) is 33.0 Å². The standard InChI is InChI=1S/C36H72O5/c1-3-5-7-9-11-13-14-15-16-17-18-19-20-22-24-26-31-41-36(37)28-27-30-39-33-35-40-34-32-38-29-25-23-21-12-10-8-6-4-2/h3-35H2,1-2H3. The quantitative estimate of drug-likeness (QED) is 0.0541. The lowest BCUT2D eigenvalue weighted by atomic mass is 10.0. The van der Waals surface area contributed by atoms with Crippen LogP contribution in [0.25, 0.3) is 0 Å². The van der Waals surface area contributed by atoms with Gasteiger partial charge in [0, 0.05) is 19.6 Å². The fraction of sp³-hybridized carbons (Fsp3) is 0.972. The van der Waals surface area contributed by atoms with E-state index in [4.69, 9.17) is 18.9 Å². The van der Waals surface area contributed by atoms with Crippen molar-refractivity contribution in [1.29, 1.82) is 0 Å². The lowest BCUT2D eigenvalue weighted by Crippen LogP contribution is -2.11. The Morgan fingerprint density at radius 2 is 0.634 bits per heavy atom. The molecule has 246 valence electrons. The minimum atomic E-state index is -0.0977. The van der Waals surface area contributed by atoms with Gasteiger partial charge in [0.2, 0.25) is 0 Å². The number of rotatable bonds is 36. The van der Waals surface area contributed by atoms with E-state index in [-0.39, 0.29) is 5.97 Å². The smallest absolute Gasteiger partial charge is 0.305 e. The zero-order chi connectivity index (χ0) is 29.7. The van der Waals surface area contributed by atoms with Crippen LogP contribution < -0.4 is 0 Å². The number of carbonyl (C=O) groups excluding carboxylic acids is 1. The van der Waals surface area contributed by atoms with Crippen molar-refractivity contribution in [3.63, 3.8) is 0 Å². The average Bonchev–Trinajstić information content (AvgIpc) is 2.98. The van der Waals surface area contributed by atoms with Crippen LogP contribution in [-0.2, 0) is 23.7 Å². The van der Waals surface area contributed by atoms with Crippen molar-refractivity contribution in [1.82, 2.24) is 0 Å². The summed E-state index contributed by atoms with van der Waals surface area (Å²) in [7, 11) is 0. The Kier molecular flexibility index (Phi) is 36.8. The highest BCUT2D eigenvalue weighted by atomic mass is 16.5. The van der Waals surface area contributed by atoms with Crippen LogP contribution in [0, 0.1) is 0 Å². The molecule has 5 heteroatoms. The van der Waals surface area contributed by atoms with Gasteiger partial charge in [0.25, 0.3) is 0 Å². The highest BCUT2D eigenvalue weighted by Crippen LogP contribution is 2.14. The topological polar surface area (TPSA) is 54.0 Å². The first-order chi connectivity index (χ1) is 20.3. The number of hydrogen-bond acceptors (Lipinski definition) is 5. The van der Waals surface area contributed by atoms with Crippen LogP contribution in [0.2, 0.25) is 0 Å². The summed E-state index contributed by atoms with van der Waals surface area (Å²) in [5.41, 5.74) is 0. The van der Waals surface area contributed by atoms with E-state index in [0.29, 0.717) is 52.5 Å². The van der Waals surface area contributed by atoms with Crippen LogP contribution in [0.5, 0.6) is 0 Å². The summed E-state index contributed by atoms with van der Waals surface area (Å²) in [4.78, 5) is 11.9. The molecule has 0 aromatic heterocycles. The van der Waals surface area contributed by atoms with Gasteiger partial charge >= 0.3 is 5.97 Å². The Hall–Kier alpha value is -0.650. The van der Waals surface area contributed by atoms with E-state index >= 15 is 0 Å². The highest BCUT2D eigenvalue weighted by molar-refractivity contribution is 5.69. The van der Waals surface area contributed by atoms with Crippen LogP contribution in [-0.4, -0.2) is 52.2 Å². The van der Waals surface area contributed by atoms with Crippen LogP contribution in [0.1, 0.15) is 181 Å². The normalized spacial score (nSPS) is 11.4.